The maximum atomic E-state index is 12.4. The van der Waals surface area contributed by atoms with E-state index in [2.05, 4.69) is 5.32 Å². The Hall–Kier alpha value is -3.02. The van der Waals surface area contributed by atoms with Crippen LogP contribution in [-0.4, -0.2) is 36.5 Å². The molecule has 6 nitrogen and oxygen atoms in total. The largest absolute Gasteiger partial charge is 0.497 e. The first-order valence-electron chi connectivity index (χ1n) is 9.33. The number of methoxy groups -OCH3 is 1. The summed E-state index contributed by atoms with van der Waals surface area (Å²) in [7, 11) is 1.61. The van der Waals surface area contributed by atoms with Crippen molar-refractivity contribution in [3.05, 3.63) is 54.1 Å². The van der Waals surface area contributed by atoms with Gasteiger partial charge in [0, 0.05) is 26.4 Å². The van der Waals surface area contributed by atoms with Crippen LogP contribution < -0.4 is 14.8 Å². The molecule has 1 N–H and O–H groups in total. The number of anilines is 1. The number of para-hydroxylation sites is 2. The van der Waals surface area contributed by atoms with Crippen LogP contribution in [0, 0.1) is 0 Å². The van der Waals surface area contributed by atoms with E-state index in [0.717, 1.165) is 11.3 Å². The Bertz CT molecular complexity index is 787. The lowest BCUT2D eigenvalue weighted by atomic mass is 10.2. The van der Waals surface area contributed by atoms with Crippen LogP contribution in [0.25, 0.3) is 0 Å². The molecule has 0 heterocycles. The lowest BCUT2D eigenvalue weighted by Crippen LogP contribution is -2.31. The van der Waals surface area contributed by atoms with E-state index in [0.29, 0.717) is 24.5 Å². The van der Waals surface area contributed by atoms with Gasteiger partial charge in [-0.3, -0.25) is 9.59 Å². The maximum absolute atomic E-state index is 12.4. The number of carbonyl (C=O) groups is 2. The fourth-order valence-electron chi connectivity index (χ4n) is 2.67. The third kappa shape index (κ3) is 6.61. The van der Waals surface area contributed by atoms with Gasteiger partial charge in [0.1, 0.15) is 11.5 Å². The third-order valence-corrected chi connectivity index (χ3v) is 4.11. The number of hydrogen-bond donors (Lipinski definition) is 1. The predicted octanol–water partition coefficient (Wildman–Crippen LogP) is 3.86. The molecule has 0 radical (unpaired) electrons. The van der Waals surface area contributed by atoms with Gasteiger partial charge in [-0.1, -0.05) is 24.3 Å². The van der Waals surface area contributed by atoms with Crippen LogP contribution in [0.3, 0.4) is 0 Å². The van der Waals surface area contributed by atoms with Gasteiger partial charge < -0.3 is 19.7 Å². The normalized spacial score (nSPS) is 10.5. The predicted molar refractivity (Wildman–Crippen MR) is 110 cm³/mol. The average molecular weight is 384 g/mol. The van der Waals surface area contributed by atoms with Gasteiger partial charge >= 0.3 is 0 Å². The van der Waals surface area contributed by atoms with E-state index in [4.69, 9.17) is 9.47 Å². The smallest absolute Gasteiger partial charge is 0.226 e. The van der Waals surface area contributed by atoms with Gasteiger partial charge in [-0.2, -0.15) is 0 Å². The third-order valence-electron chi connectivity index (χ3n) is 4.11. The number of carbonyl (C=O) groups excluding carboxylic acids is 2. The average Bonchev–Trinajstić information content (AvgIpc) is 2.66. The maximum Gasteiger partial charge on any atom is 0.226 e. The highest BCUT2D eigenvalue weighted by molar-refractivity contribution is 5.92. The van der Waals surface area contributed by atoms with E-state index >= 15 is 0 Å². The molecular formula is C22H28N2O4. The van der Waals surface area contributed by atoms with Crippen LogP contribution in [0.2, 0.25) is 0 Å². The summed E-state index contributed by atoms with van der Waals surface area (Å²) in [4.78, 5) is 26.0. The summed E-state index contributed by atoms with van der Waals surface area (Å²) in [5.74, 6) is 1.15. The van der Waals surface area contributed by atoms with Gasteiger partial charge in [0.15, 0.2) is 0 Å². The van der Waals surface area contributed by atoms with Crippen LogP contribution in [0.1, 0.15) is 32.8 Å². The molecule has 0 aromatic heterocycles. The van der Waals surface area contributed by atoms with Crippen molar-refractivity contribution in [2.45, 2.75) is 39.8 Å². The summed E-state index contributed by atoms with van der Waals surface area (Å²) in [6, 6.07) is 14.9. The molecule has 2 amide bonds. The zero-order chi connectivity index (χ0) is 20.5. The minimum atomic E-state index is -0.166. The van der Waals surface area contributed by atoms with Crippen LogP contribution in [0.5, 0.6) is 11.5 Å². The molecule has 0 bridgehead atoms. The second-order valence-corrected chi connectivity index (χ2v) is 6.75. The van der Waals surface area contributed by atoms with Crippen molar-refractivity contribution in [1.29, 1.82) is 0 Å². The molecule has 6 heteroatoms. The van der Waals surface area contributed by atoms with Gasteiger partial charge in [0.05, 0.1) is 18.9 Å². The molecule has 2 aromatic carbocycles. The molecule has 0 unspecified atom stereocenters. The van der Waals surface area contributed by atoms with Crippen molar-refractivity contribution < 1.29 is 19.1 Å². The highest BCUT2D eigenvalue weighted by atomic mass is 16.5. The Morgan fingerprint density at radius 3 is 2.36 bits per heavy atom. The Labute approximate surface area is 166 Å². The number of nitrogens with one attached hydrogen (secondary N) is 1. The van der Waals surface area contributed by atoms with E-state index in [-0.39, 0.29) is 24.3 Å². The van der Waals surface area contributed by atoms with Crippen LogP contribution in [0.15, 0.2) is 48.5 Å². The van der Waals surface area contributed by atoms with Gasteiger partial charge in [-0.25, -0.2) is 0 Å². The molecule has 0 atom stereocenters. The lowest BCUT2D eigenvalue weighted by molar-refractivity contribution is -0.129. The van der Waals surface area contributed by atoms with Gasteiger partial charge in [-0.05, 0) is 43.7 Å². The summed E-state index contributed by atoms with van der Waals surface area (Å²) in [6.07, 6.45) is 0.210. The lowest BCUT2D eigenvalue weighted by Gasteiger charge is -2.21. The van der Waals surface area contributed by atoms with E-state index in [9.17, 15) is 9.59 Å². The van der Waals surface area contributed by atoms with Crippen molar-refractivity contribution in [3.63, 3.8) is 0 Å². The van der Waals surface area contributed by atoms with E-state index in [1.165, 1.54) is 6.92 Å². The van der Waals surface area contributed by atoms with E-state index < -0.39 is 0 Å². The Kier molecular flexibility index (Phi) is 7.87. The first-order valence-corrected chi connectivity index (χ1v) is 9.33. The topological polar surface area (TPSA) is 67.9 Å². The number of hydrogen-bond acceptors (Lipinski definition) is 4. The molecule has 2 rings (SSSR count). The SMILES string of the molecule is COc1ccc(CN(CCC(=O)Nc2ccccc2OC(C)C)C(C)=O)cc1. The summed E-state index contributed by atoms with van der Waals surface area (Å²) in [6.45, 7) is 6.15. The molecule has 28 heavy (non-hydrogen) atoms. The highest BCUT2D eigenvalue weighted by Crippen LogP contribution is 2.25. The molecule has 150 valence electrons. The minimum Gasteiger partial charge on any atom is -0.497 e. The number of nitrogens with zero attached hydrogens (tertiary/aromatic N) is 1. The fourth-order valence-corrected chi connectivity index (χ4v) is 2.67. The summed E-state index contributed by atoms with van der Waals surface area (Å²) in [5.41, 5.74) is 1.61. The fraction of sp³-hybridized carbons (Fsp3) is 0.364. The Balaban J connectivity index is 1.94. The standard InChI is InChI=1S/C22H28N2O4/c1-16(2)28-21-8-6-5-7-20(21)23-22(26)13-14-24(17(3)25)15-18-9-11-19(27-4)12-10-18/h5-12,16H,13-15H2,1-4H3,(H,23,26). The molecule has 0 saturated carbocycles. The van der Waals surface area contributed by atoms with Crippen molar-refractivity contribution in [2.75, 3.05) is 19.0 Å². The van der Waals surface area contributed by atoms with Crippen molar-refractivity contribution in [2.24, 2.45) is 0 Å². The number of amides is 2. The zero-order valence-electron chi connectivity index (χ0n) is 16.9. The molecule has 0 fully saturated rings. The summed E-state index contributed by atoms with van der Waals surface area (Å²) < 4.78 is 10.9. The number of ether oxygens (including phenoxy) is 2. The Morgan fingerprint density at radius 1 is 1.07 bits per heavy atom. The molecule has 0 aliphatic rings. The number of benzene rings is 2. The molecule has 0 aliphatic carbocycles. The van der Waals surface area contributed by atoms with Gasteiger partial charge in [0.25, 0.3) is 0 Å². The minimum absolute atomic E-state index is 0.00996. The van der Waals surface area contributed by atoms with Crippen LogP contribution in [0.4, 0.5) is 5.69 Å². The first kappa shape index (κ1) is 21.3. The van der Waals surface area contributed by atoms with Gasteiger partial charge in [-0.15, -0.1) is 0 Å². The van der Waals surface area contributed by atoms with Crippen LogP contribution in [-0.2, 0) is 16.1 Å². The molecule has 0 saturated heterocycles. The van der Waals surface area contributed by atoms with Gasteiger partial charge in [0.2, 0.25) is 11.8 Å². The first-order chi connectivity index (χ1) is 13.4. The second-order valence-electron chi connectivity index (χ2n) is 6.75. The second kappa shape index (κ2) is 10.3. The van der Waals surface area contributed by atoms with Crippen molar-refractivity contribution in [1.82, 2.24) is 4.90 Å². The molecular weight excluding hydrogens is 356 g/mol. The summed E-state index contributed by atoms with van der Waals surface area (Å²) in [5, 5.41) is 2.87. The molecule has 0 spiro atoms. The van der Waals surface area contributed by atoms with E-state index in [1.807, 2.05) is 56.3 Å². The summed E-state index contributed by atoms with van der Waals surface area (Å²) >= 11 is 0. The van der Waals surface area contributed by atoms with E-state index in [1.54, 1.807) is 18.1 Å². The van der Waals surface area contributed by atoms with Crippen LogP contribution >= 0.6 is 0 Å². The Morgan fingerprint density at radius 2 is 1.75 bits per heavy atom. The monoisotopic (exact) mass is 384 g/mol. The van der Waals surface area contributed by atoms with Crippen molar-refractivity contribution in [3.8, 4) is 11.5 Å². The molecule has 2 aromatic rings. The van der Waals surface area contributed by atoms with Crippen molar-refractivity contribution >= 4 is 17.5 Å². The highest BCUT2D eigenvalue weighted by Gasteiger charge is 2.14. The number of rotatable bonds is 9. The zero-order valence-corrected chi connectivity index (χ0v) is 16.9. The quantitative estimate of drug-likeness (QED) is 0.713. The molecule has 0 aliphatic heterocycles.